The SMILES string of the molecule is CSCC[C@@H](NC(=O)c1ccccc1)C(=O)OCc1cnc(-c2ccccc2)o1. The lowest BCUT2D eigenvalue weighted by Gasteiger charge is -2.17. The van der Waals surface area contributed by atoms with E-state index in [1.165, 1.54) is 6.20 Å². The van der Waals surface area contributed by atoms with E-state index in [1.54, 1.807) is 36.0 Å². The minimum atomic E-state index is -0.730. The fourth-order valence-electron chi connectivity index (χ4n) is 2.65. The van der Waals surface area contributed by atoms with Gasteiger partial charge < -0.3 is 14.5 Å². The molecule has 3 rings (SSSR count). The van der Waals surface area contributed by atoms with E-state index in [4.69, 9.17) is 9.15 Å². The van der Waals surface area contributed by atoms with Crippen LogP contribution in [0.3, 0.4) is 0 Å². The monoisotopic (exact) mass is 410 g/mol. The molecule has 29 heavy (non-hydrogen) atoms. The van der Waals surface area contributed by atoms with E-state index >= 15 is 0 Å². The largest absolute Gasteiger partial charge is 0.456 e. The molecule has 150 valence electrons. The number of benzene rings is 2. The lowest BCUT2D eigenvalue weighted by atomic mass is 10.1. The summed E-state index contributed by atoms with van der Waals surface area (Å²) in [5.41, 5.74) is 1.34. The fraction of sp³-hybridized carbons (Fsp3) is 0.227. The number of carbonyl (C=O) groups excluding carboxylic acids is 2. The van der Waals surface area contributed by atoms with Crippen molar-refractivity contribution in [3.63, 3.8) is 0 Å². The van der Waals surface area contributed by atoms with Crippen LogP contribution in [-0.2, 0) is 16.1 Å². The van der Waals surface area contributed by atoms with Gasteiger partial charge in [-0.1, -0.05) is 36.4 Å². The molecule has 3 aromatic rings. The number of carbonyl (C=O) groups is 2. The maximum Gasteiger partial charge on any atom is 0.329 e. The third kappa shape index (κ3) is 5.96. The first-order chi connectivity index (χ1) is 14.2. The molecule has 0 aliphatic heterocycles. The molecule has 0 spiro atoms. The Bertz CT molecular complexity index is 928. The van der Waals surface area contributed by atoms with E-state index in [9.17, 15) is 9.59 Å². The Labute approximate surface area is 173 Å². The van der Waals surface area contributed by atoms with Gasteiger partial charge >= 0.3 is 5.97 Å². The van der Waals surface area contributed by atoms with Crippen LogP contribution >= 0.6 is 11.8 Å². The highest BCUT2D eigenvalue weighted by molar-refractivity contribution is 7.98. The molecule has 0 unspecified atom stereocenters. The average molecular weight is 410 g/mol. The van der Waals surface area contributed by atoms with Gasteiger partial charge in [-0.3, -0.25) is 4.79 Å². The fourth-order valence-corrected chi connectivity index (χ4v) is 3.12. The predicted octanol–water partition coefficient (Wildman–Crippen LogP) is 3.94. The second-order valence-corrected chi connectivity index (χ2v) is 7.26. The van der Waals surface area contributed by atoms with Gasteiger partial charge in [0, 0.05) is 11.1 Å². The van der Waals surface area contributed by atoms with Gasteiger partial charge in [-0.05, 0) is 42.7 Å². The van der Waals surface area contributed by atoms with Crippen LogP contribution in [0.1, 0.15) is 22.5 Å². The molecule has 0 fully saturated rings. The number of thioether (sulfide) groups is 1. The zero-order valence-corrected chi connectivity index (χ0v) is 16.9. The minimum Gasteiger partial charge on any atom is -0.456 e. The van der Waals surface area contributed by atoms with Gasteiger partial charge in [0.15, 0.2) is 12.4 Å². The summed E-state index contributed by atoms with van der Waals surface area (Å²) in [6, 6.07) is 17.5. The smallest absolute Gasteiger partial charge is 0.329 e. The molecule has 0 radical (unpaired) electrons. The van der Waals surface area contributed by atoms with Crippen LogP contribution in [0.15, 0.2) is 71.3 Å². The number of nitrogens with zero attached hydrogens (tertiary/aromatic N) is 1. The highest BCUT2D eigenvalue weighted by atomic mass is 32.2. The van der Waals surface area contributed by atoms with Crippen LogP contribution in [0.5, 0.6) is 0 Å². The Morgan fingerprint density at radius 1 is 1.10 bits per heavy atom. The molecule has 2 aromatic carbocycles. The van der Waals surface area contributed by atoms with Crippen LogP contribution in [0.4, 0.5) is 0 Å². The summed E-state index contributed by atoms with van der Waals surface area (Å²) < 4.78 is 11.0. The van der Waals surface area contributed by atoms with Crippen LogP contribution < -0.4 is 5.32 Å². The number of amides is 1. The summed E-state index contributed by atoms with van der Waals surface area (Å²) in [4.78, 5) is 29.2. The summed E-state index contributed by atoms with van der Waals surface area (Å²) in [6.45, 7) is -0.0460. The van der Waals surface area contributed by atoms with Crippen molar-refractivity contribution in [2.75, 3.05) is 12.0 Å². The van der Waals surface area contributed by atoms with Crippen molar-refractivity contribution in [3.05, 3.63) is 78.2 Å². The number of hydrogen-bond donors (Lipinski definition) is 1. The number of aromatic nitrogens is 1. The molecule has 0 bridgehead atoms. The topological polar surface area (TPSA) is 81.4 Å². The molecular weight excluding hydrogens is 388 g/mol. The summed E-state index contributed by atoms with van der Waals surface area (Å²) in [5, 5.41) is 2.76. The first-order valence-corrected chi connectivity index (χ1v) is 10.6. The molecule has 7 heteroatoms. The lowest BCUT2D eigenvalue weighted by molar-refractivity contribution is -0.147. The molecule has 1 N–H and O–H groups in total. The van der Waals surface area contributed by atoms with Gasteiger partial charge in [0.25, 0.3) is 5.91 Å². The maximum atomic E-state index is 12.6. The molecule has 1 atom stereocenters. The molecule has 0 aliphatic rings. The van der Waals surface area contributed by atoms with Crippen molar-refractivity contribution in [3.8, 4) is 11.5 Å². The van der Waals surface area contributed by atoms with E-state index < -0.39 is 12.0 Å². The molecule has 0 saturated carbocycles. The van der Waals surface area contributed by atoms with Gasteiger partial charge in [-0.15, -0.1) is 0 Å². The second-order valence-electron chi connectivity index (χ2n) is 6.28. The summed E-state index contributed by atoms with van der Waals surface area (Å²) in [6.07, 6.45) is 3.96. The molecule has 6 nitrogen and oxygen atoms in total. The predicted molar refractivity (Wildman–Crippen MR) is 112 cm³/mol. The zero-order valence-electron chi connectivity index (χ0n) is 16.0. The van der Waals surface area contributed by atoms with Crippen molar-refractivity contribution in [1.82, 2.24) is 10.3 Å². The third-order valence-electron chi connectivity index (χ3n) is 4.17. The van der Waals surface area contributed by atoms with Crippen molar-refractivity contribution in [1.29, 1.82) is 0 Å². The molecular formula is C22H22N2O4S. The maximum absolute atomic E-state index is 12.6. The summed E-state index contributed by atoms with van der Waals surface area (Å²) in [7, 11) is 0. The van der Waals surface area contributed by atoms with E-state index in [0.717, 1.165) is 11.3 Å². The first-order valence-electron chi connectivity index (χ1n) is 9.19. The summed E-state index contributed by atoms with van der Waals surface area (Å²) in [5.74, 6) is 0.818. The third-order valence-corrected chi connectivity index (χ3v) is 4.81. The van der Waals surface area contributed by atoms with Crippen LogP contribution in [0.25, 0.3) is 11.5 Å². The average Bonchev–Trinajstić information content (AvgIpc) is 3.25. The molecule has 1 heterocycles. The van der Waals surface area contributed by atoms with Gasteiger partial charge in [0.2, 0.25) is 5.89 Å². The minimum absolute atomic E-state index is 0.0460. The highest BCUT2D eigenvalue weighted by Crippen LogP contribution is 2.19. The second kappa shape index (κ2) is 10.5. The molecule has 1 aromatic heterocycles. The Balaban J connectivity index is 1.60. The van der Waals surface area contributed by atoms with Gasteiger partial charge in [-0.2, -0.15) is 11.8 Å². The van der Waals surface area contributed by atoms with E-state index in [0.29, 0.717) is 23.6 Å². The summed E-state index contributed by atoms with van der Waals surface area (Å²) >= 11 is 1.60. The van der Waals surface area contributed by atoms with Crippen molar-refractivity contribution >= 4 is 23.6 Å². The number of nitrogens with one attached hydrogen (secondary N) is 1. The standard InChI is InChI=1S/C22H22N2O4S/c1-29-13-12-19(24-20(25)16-8-4-2-5-9-16)22(26)27-15-18-14-23-21(28-18)17-10-6-3-7-11-17/h2-11,14,19H,12-13,15H2,1H3,(H,24,25)/t19-/m1/s1. The normalized spacial score (nSPS) is 11.6. The van der Waals surface area contributed by atoms with Crippen LogP contribution in [-0.4, -0.2) is 34.9 Å². The number of rotatable bonds is 9. The van der Waals surface area contributed by atoms with Crippen molar-refractivity contribution < 1.29 is 18.7 Å². The number of ether oxygens (including phenoxy) is 1. The van der Waals surface area contributed by atoms with Gasteiger partial charge in [-0.25, -0.2) is 9.78 Å². The highest BCUT2D eigenvalue weighted by Gasteiger charge is 2.23. The Morgan fingerprint density at radius 2 is 1.79 bits per heavy atom. The van der Waals surface area contributed by atoms with Crippen molar-refractivity contribution in [2.45, 2.75) is 19.1 Å². The Hall–Kier alpha value is -3.06. The van der Waals surface area contributed by atoms with Gasteiger partial charge in [0.05, 0.1) is 6.20 Å². The molecule has 0 aliphatic carbocycles. The quantitative estimate of drug-likeness (QED) is 0.538. The first kappa shape index (κ1) is 20.7. The lowest BCUT2D eigenvalue weighted by Crippen LogP contribution is -2.42. The molecule has 1 amide bonds. The van der Waals surface area contributed by atoms with Crippen LogP contribution in [0.2, 0.25) is 0 Å². The van der Waals surface area contributed by atoms with Crippen molar-refractivity contribution in [2.24, 2.45) is 0 Å². The van der Waals surface area contributed by atoms with E-state index in [1.807, 2.05) is 42.7 Å². The Kier molecular flexibility index (Phi) is 7.47. The van der Waals surface area contributed by atoms with E-state index in [-0.39, 0.29) is 12.5 Å². The van der Waals surface area contributed by atoms with Gasteiger partial charge in [0.1, 0.15) is 6.04 Å². The number of esters is 1. The molecule has 0 saturated heterocycles. The van der Waals surface area contributed by atoms with E-state index in [2.05, 4.69) is 10.3 Å². The number of hydrogen-bond acceptors (Lipinski definition) is 6. The Morgan fingerprint density at radius 3 is 2.48 bits per heavy atom. The van der Waals surface area contributed by atoms with Crippen LogP contribution in [0, 0.1) is 0 Å². The zero-order chi connectivity index (χ0) is 20.5. The number of oxazole rings is 1.